The zero-order valence-electron chi connectivity index (χ0n) is 8.74. The molecule has 2 saturated heterocycles. The number of likely N-dealkylation sites (tertiary alicyclic amines) is 1. The molecule has 0 spiro atoms. The molecule has 4 heteroatoms. The van der Waals surface area contributed by atoms with Gasteiger partial charge in [0, 0.05) is 19.6 Å². The van der Waals surface area contributed by atoms with Gasteiger partial charge in [0.05, 0.1) is 19.3 Å². The second kappa shape index (κ2) is 4.17. The highest BCUT2D eigenvalue weighted by molar-refractivity contribution is 5.75. The Hall–Kier alpha value is -0.770. The summed E-state index contributed by atoms with van der Waals surface area (Å²) in [7, 11) is 0. The zero-order chi connectivity index (χ0) is 9.97. The number of hydrogen-bond acceptors (Lipinski definition) is 2. The average Bonchev–Trinajstić information content (AvgIpc) is 2.70. The predicted octanol–water partition coefficient (Wildman–Crippen LogP) is 0.923. The van der Waals surface area contributed by atoms with Gasteiger partial charge in [0.25, 0.3) is 0 Å². The quantitative estimate of drug-likeness (QED) is 0.580. The van der Waals surface area contributed by atoms with Gasteiger partial charge in [-0.05, 0) is 19.8 Å². The van der Waals surface area contributed by atoms with Crippen molar-refractivity contribution >= 4 is 6.03 Å². The molecule has 80 valence electrons. The third-order valence-electron chi connectivity index (χ3n) is 2.99. The maximum Gasteiger partial charge on any atom is 0.320 e. The molecule has 2 aliphatic heterocycles. The van der Waals surface area contributed by atoms with Crippen LogP contribution in [0.2, 0.25) is 0 Å². The highest BCUT2D eigenvalue weighted by Crippen LogP contribution is 2.14. The van der Waals surface area contributed by atoms with E-state index in [-0.39, 0.29) is 12.1 Å². The molecule has 0 saturated carbocycles. The minimum absolute atomic E-state index is 0.207. The molecule has 2 rings (SSSR count). The minimum atomic E-state index is 0.207. The fourth-order valence-corrected chi connectivity index (χ4v) is 2.10. The Labute approximate surface area is 84.8 Å². The van der Waals surface area contributed by atoms with Crippen molar-refractivity contribution in [3.63, 3.8) is 0 Å². The lowest BCUT2D eigenvalue weighted by atomic mass is 10.3. The van der Waals surface area contributed by atoms with Crippen molar-refractivity contribution in [2.75, 3.05) is 32.8 Å². The van der Waals surface area contributed by atoms with Gasteiger partial charge in [0.2, 0.25) is 0 Å². The summed E-state index contributed by atoms with van der Waals surface area (Å²) in [5.41, 5.74) is 0. The van der Waals surface area contributed by atoms with Crippen LogP contribution in [0.3, 0.4) is 0 Å². The molecule has 2 amide bonds. The molecule has 4 nitrogen and oxygen atoms in total. The summed E-state index contributed by atoms with van der Waals surface area (Å²) in [6, 6.07) is 0.440. The summed E-state index contributed by atoms with van der Waals surface area (Å²) in [4.78, 5) is 15.9. The van der Waals surface area contributed by atoms with Crippen LogP contribution in [0.5, 0.6) is 0 Å². The molecule has 1 unspecified atom stereocenters. The summed E-state index contributed by atoms with van der Waals surface area (Å²) in [6.45, 7) is 6.03. The first-order valence-electron chi connectivity index (χ1n) is 5.42. The lowest BCUT2D eigenvalue weighted by molar-refractivity contribution is 0.0118. The first kappa shape index (κ1) is 9.77. The van der Waals surface area contributed by atoms with Crippen molar-refractivity contribution in [2.24, 2.45) is 0 Å². The Bertz CT molecular complexity index is 214. The zero-order valence-corrected chi connectivity index (χ0v) is 8.74. The van der Waals surface area contributed by atoms with Gasteiger partial charge in [-0.25, -0.2) is 4.79 Å². The fourth-order valence-electron chi connectivity index (χ4n) is 2.10. The van der Waals surface area contributed by atoms with Crippen LogP contribution in [-0.2, 0) is 4.74 Å². The van der Waals surface area contributed by atoms with Crippen molar-refractivity contribution in [1.82, 2.24) is 9.80 Å². The van der Waals surface area contributed by atoms with E-state index in [2.05, 4.69) is 0 Å². The Morgan fingerprint density at radius 1 is 1.29 bits per heavy atom. The maximum atomic E-state index is 12.0. The van der Waals surface area contributed by atoms with Gasteiger partial charge in [-0.3, -0.25) is 0 Å². The minimum Gasteiger partial charge on any atom is -0.377 e. The van der Waals surface area contributed by atoms with Crippen LogP contribution in [0, 0.1) is 0 Å². The number of rotatable bonds is 0. The molecule has 1 atom stereocenters. The first-order chi connectivity index (χ1) is 6.79. The molecule has 0 radical (unpaired) electrons. The molecular formula is C10H18N2O2. The Balaban J connectivity index is 1.94. The van der Waals surface area contributed by atoms with Gasteiger partial charge in [-0.2, -0.15) is 0 Å². The highest BCUT2D eigenvalue weighted by atomic mass is 16.5. The van der Waals surface area contributed by atoms with Crippen LogP contribution in [-0.4, -0.2) is 54.7 Å². The smallest absolute Gasteiger partial charge is 0.320 e. The Kier molecular flexibility index (Phi) is 2.91. The molecule has 0 aliphatic carbocycles. The highest BCUT2D eigenvalue weighted by Gasteiger charge is 2.28. The van der Waals surface area contributed by atoms with Crippen molar-refractivity contribution in [1.29, 1.82) is 0 Å². The van der Waals surface area contributed by atoms with Crippen LogP contribution in [0.4, 0.5) is 4.79 Å². The molecule has 0 aromatic rings. The van der Waals surface area contributed by atoms with Gasteiger partial charge < -0.3 is 14.5 Å². The molecule has 14 heavy (non-hydrogen) atoms. The molecule has 0 N–H and O–H groups in total. The number of carbonyl (C=O) groups is 1. The third-order valence-corrected chi connectivity index (χ3v) is 2.99. The van der Waals surface area contributed by atoms with Crippen LogP contribution < -0.4 is 0 Å². The van der Waals surface area contributed by atoms with Gasteiger partial charge >= 0.3 is 6.03 Å². The number of amides is 2. The number of carbonyl (C=O) groups excluding carboxylic acids is 1. The number of nitrogens with zero attached hydrogens (tertiary/aromatic N) is 2. The molecule has 0 aromatic heterocycles. The first-order valence-corrected chi connectivity index (χ1v) is 5.42. The second-order valence-electron chi connectivity index (χ2n) is 4.09. The van der Waals surface area contributed by atoms with Crippen LogP contribution in [0.25, 0.3) is 0 Å². The van der Waals surface area contributed by atoms with Crippen LogP contribution in [0.15, 0.2) is 0 Å². The maximum absolute atomic E-state index is 12.0. The van der Waals surface area contributed by atoms with E-state index in [0.717, 1.165) is 32.5 Å². The van der Waals surface area contributed by atoms with Gasteiger partial charge in [0.15, 0.2) is 0 Å². The van der Waals surface area contributed by atoms with Crippen LogP contribution in [0.1, 0.15) is 19.8 Å². The lowest BCUT2D eigenvalue weighted by Crippen LogP contribution is -2.51. The van der Waals surface area contributed by atoms with E-state index >= 15 is 0 Å². The van der Waals surface area contributed by atoms with E-state index in [1.807, 2.05) is 16.7 Å². The van der Waals surface area contributed by atoms with E-state index in [9.17, 15) is 4.79 Å². The third kappa shape index (κ3) is 1.85. The summed E-state index contributed by atoms with van der Waals surface area (Å²) < 4.78 is 5.31. The molecule has 2 fully saturated rings. The molecule has 0 aromatic carbocycles. The van der Waals surface area contributed by atoms with Gasteiger partial charge in [-0.15, -0.1) is 0 Å². The fraction of sp³-hybridized carbons (Fsp3) is 0.900. The second-order valence-corrected chi connectivity index (χ2v) is 4.09. The summed E-state index contributed by atoms with van der Waals surface area (Å²) in [5, 5.41) is 0. The van der Waals surface area contributed by atoms with Gasteiger partial charge in [0.1, 0.15) is 0 Å². The van der Waals surface area contributed by atoms with Crippen molar-refractivity contribution in [3.8, 4) is 0 Å². The molecule has 2 aliphatic rings. The largest absolute Gasteiger partial charge is 0.377 e. The predicted molar refractivity (Wildman–Crippen MR) is 53.2 cm³/mol. The van der Waals surface area contributed by atoms with Gasteiger partial charge in [-0.1, -0.05) is 0 Å². The van der Waals surface area contributed by atoms with E-state index in [1.54, 1.807) is 0 Å². The Morgan fingerprint density at radius 2 is 2.00 bits per heavy atom. The Morgan fingerprint density at radius 3 is 2.64 bits per heavy atom. The topological polar surface area (TPSA) is 32.8 Å². The SMILES string of the molecule is CC1COCCN1C(=O)N1CCCC1. The normalized spacial score (nSPS) is 28.2. The number of urea groups is 1. The number of ether oxygens (including phenoxy) is 1. The van der Waals surface area contributed by atoms with Crippen molar-refractivity contribution in [3.05, 3.63) is 0 Å². The van der Waals surface area contributed by atoms with E-state index < -0.39 is 0 Å². The van der Waals surface area contributed by atoms with Crippen molar-refractivity contribution < 1.29 is 9.53 Å². The summed E-state index contributed by atoms with van der Waals surface area (Å²) in [6.07, 6.45) is 2.31. The number of hydrogen-bond donors (Lipinski definition) is 0. The molecule has 0 bridgehead atoms. The van der Waals surface area contributed by atoms with E-state index in [4.69, 9.17) is 4.74 Å². The van der Waals surface area contributed by atoms with E-state index in [0.29, 0.717) is 13.2 Å². The standard InChI is InChI=1S/C10H18N2O2/c1-9-8-14-7-6-12(9)10(13)11-4-2-3-5-11/h9H,2-8H2,1H3. The lowest BCUT2D eigenvalue weighted by Gasteiger charge is -2.35. The monoisotopic (exact) mass is 198 g/mol. The summed E-state index contributed by atoms with van der Waals surface area (Å²) >= 11 is 0. The van der Waals surface area contributed by atoms with Crippen molar-refractivity contribution in [2.45, 2.75) is 25.8 Å². The molecule has 2 heterocycles. The van der Waals surface area contributed by atoms with E-state index in [1.165, 1.54) is 0 Å². The number of morpholine rings is 1. The van der Waals surface area contributed by atoms with Crippen LogP contribution >= 0.6 is 0 Å². The molecular weight excluding hydrogens is 180 g/mol. The summed E-state index contributed by atoms with van der Waals surface area (Å²) in [5.74, 6) is 0. The average molecular weight is 198 g/mol.